The molecule has 0 radical (unpaired) electrons. The van der Waals surface area contributed by atoms with E-state index in [4.69, 9.17) is 4.74 Å². The highest BCUT2D eigenvalue weighted by Gasteiger charge is 2.17. The first-order valence-corrected chi connectivity index (χ1v) is 7.09. The molecule has 5 heteroatoms. The van der Waals surface area contributed by atoms with Crippen molar-refractivity contribution >= 4 is 17.3 Å². The van der Waals surface area contributed by atoms with Gasteiger partial charge < -0.3 is 20.3 Å². The number of hydrogen-bond donors (Lipinski definition) is 2. The average molecular weight is 277 g/mol. The van der Waals surface area contributed by atoms with Crippen LogP contribution in [0.3, 0.4) is 0 Å². The molecule has 5 nitrogen and oxygen atoms in total. The molecule has 1 aliphatic rings. The maximum absolute atomic E-state index is 12.1. The largest absolute Gasteiger partial charge is 0.378 e. The number of carbonyl (C=O) groups excluding carboxylic acids is 1. The fourth-order valence-corrected chi connectivity index (χ4v) is 2.31. The number of benzene rings is 1. The van der Waals surface area contributed by atoms with Crippen LogP contribution >= 0.6 is 0 Å². The van der Waals surface area contributed by atoms with E-state index in [1.54, 1.807) is 0 Å². The smallest absolute Gasteiger partial charge is 0.228 e. The molecule has 1 atom stereocenters. The predicted molar refractivity (Wildman–Crippen MR) is 81.2 cm³/mol. The Kier molecular flexibility index (Phi) is 5.38. The molecular weight excluding hydrogens is 254 g/mol. The Hall–Kier alpha value is -1.59. The molecule has 0 aromatic heterocycles. The van der Waals surface area contributed by atoms with Crippen LogP contribution in [0.4, 0.5) is 11.4 Å². The van der Waals surface area contributed by atoms with Crippen molar-refractivity contribution in [1.82, 2.24) is 5.32 Å². The highest BCUT2D eigenvalue weighted by Crippen LogP contribution is 2.26. The molecule has 1 heterocycles. The Bertz CT molecular complexity index is 444. The lowest BCUT2D eigenvalue weighted by atomic mass is 10.1. The number of morpholine rings is 1. The standard InChI is InChI=1S/C15H23N3O2/c1-12(11-16-2)15(19)17-13-5-3-4-6-14(13)18-7-9-20-10-8-18/h3-6,12,16H,7-11H2,1-2H3,(H,17,19). The van der Waals surface area contributed by atoms with Crippen LogP contribution in [-0.4, -0.2) is 45.8 Å². The van der Waals surface area contributed by atoms with Crippen LogP contribution in [-0.2, 0) is 9.53 Å². The summed E-state index contributed by atoms with van der Waals surface area (Å²) in [4.78, 5) is 14.4. The summed E-state index contributed by atoms with van der Waals surface area (Å²) in [6.45, 7) is 5.78. The zero-order valence-corrected chi connectivity index (χ0v) is 12.2. The lowest BCUT2D eigenvalue weighted by Gasteiger charge is -2.30. The minimum atomic E-state index is -0.0576. The van der Waals surface area contributed by atoms with E-state index in [-0.39, 0.29) is 11.8 Å². The average Bonchev–Trinajstić information content (AvgIpc) is 2.49. The summed E-state index contributed by atoms with van der Waals surface area (Å²) in [5.41, 5.74) is 1.95. The van der Waals surface area contributed by atoms with Crippen molar-refractivity contribution in [2.75, 3.05) is 50.1 Å². The molecule has 1 aliphatic heterocycles. The number of carbonyl (C=O) groups is 1. The molecule has 110 valence electrons. The zero-order valence-electron chi connectivity index (χ0n) is 12.2. The van der Waals surface area contributed by atoms with Crippen molar-refractivity contribution < 1.29 is 9.53 Å². The van der Waals surface area contributed by atoms with Gasteiger partial charge in [0.2, 0.25) is 5.91 Å². The third-order valence-electron chi connectivity index (χ3n) is 3.47. The zero-order chi connectivity index (χ0) is 14.4. The monoisotopic (exact) mass is 277 g/mol. The van der Waals surface area contributed by atoms with E-state index in [0.29, 0.717) is 6.54 Å². The molecule has 0 bridgehead atoms. The summed E-state index contributed by atoms with van der Waals surface area (Å²) in [5.74, 6) is -0.0159. The van der Waals surface area contributed by atoms with Crippen LogP contribution < -0.4 is 15.5 Å². The van der Waals surface area contributed by atoms with Crippen molar-refractivity contribution in [2.45, 2.75) is 6.92 Å². The fraction of sp³-hybridized carbons (Fsp3) is 0.533. The molecule has 1 fully saturated rings. The number of nitrogens with zero attached hydrogens (tertiary/aromatic N) is 1. The van der Waals surface area contributed by atoms with Crippen molar-refractivity contribution in [3.8, 4) is 0 Å². The van der Waals surface area contributed by atoms with Crippen LogP contribution in [0.1, 0.15) is 6.92 Å². The van der Waals surface area contributed by atoms with Crippen molar-refractivity contribution in [3.63, 3.8) is 0 Å². The summed E-state index contributed by atoms with van der Waals surface area (Å²) >= 11 is 0. The maximum Gasteiger partial charge on any atom is 0.228 e. The topological polar surface area (TPSA) is 53.6 Å². The minimum Gasteiger partial charge on any atom is -0.378 e. The summed E-state index contributed by atoms with van der Waals surface area (Å²) in [6.07, 6.45) is 0. The van der Waals surface area contributed by atoms with Gasteiger partial charge in [0.15, 0.2) is 0 Å². The van der Waals surface area contributed by atoms with Gasteiger partial charge >= 0.3 is 0 Å². The fourth-order valence-electron chi connectivity index (χ4n) is 2.31. The van der Waals surface area contributed by atoms with Crippen LogP contribution in [0.15, 0.2) is 24.3 Å². The number of anilines is 2. The van der Waals surface area contributed by atoms with Crippen LogP contribution in [0.5, 0.6) is 0 Å². The number of nitrogens with one attached hydrogen (secondary N) is 2. The Labute approximate surface area is 120 Å². The number of amides is 1. The summed E-state index contributed by atoms with van der Waals surface area (Å²) in [6, 6.07) is 7.94. The highest BCUT2D eigenvalue weighted by atomic mass is 16.5. The molecule has 1 unspecified atom stereocenters. The Balaban J connectivity index is 2.09. The van der Waals surface area contributed by atoms with Gasteiger partial charge in [-0.15, -0.1) is 0 Å². The minimum absolute atomic E-state index is 0.0417. The van der Waals surface area contributed by atoms with Gasteiger partial charge in [-0.2, -0.15) is 0 Å². The number of rotatable bonds is 5. The van der Waals surface area contributed by atoms with E-state index in [1.165, 1.54) is 0 Å². The molecule has 0 aliphatic carbocycles. The molecule has 2 N–H and O–H groups in total. The molecular formula is C15H23N3O2. The van der Waals surface area contributed by atoms with Gasteiger partial charge in [0.1, 0.15) is 0 Å². The number of ether oxygens (including phenoxy) is 1. The third kappa shape index (κ3) is 3.71. The van der Waals surface area contributed by atoms with Gasteiger partial charge in [0.05, 0.1) is 24.6 Å². The third-order valence-corrected chi connectivity index (χ3v) is 3.47. The summed E-state index contributed by atoms with van der Waals surface area (Å²) < 4.78 is 5.38. The number of hydrogen-bond acceptors (Lipinski definition) is 4. The molecule has 0 saturated carbocycles. The van der Waals surface area contributed by atoms with Crippen molar-refractivity contribution in [2.24, 2.45) is 5.92 Å². The summed E-state index contributed by atoms with van der Waals surface area (Å²) in [7, 11) is 1.85. The molecule has 1 saturated heterocycles. The second-order valence-electron chi connectivity index (χ2n) is 5.06. The first-order chi connectivity index (χ1) is 9.72. The second kappa shape index (κ2) is 7.26. The summed E-state index contributed by atoms with van der Waals surface area (Å²) in [5, 5.41) is 6.06. The Morgan fingerprint density at radius 1 is 1.35 bits per heavy atom. The van der Waals surface area contributed by atoms with Gasteiger partial charge in [0, 0.05) is 25.6 Å². The molecule has 1 aromatic carbocycles. The first kappa shape index (κ1) is 14.8. The SMILES string of the molecule is CNCC(C)C(=O)Nc1ccccc1N1CCOCC1. The quantitative estimate of drug-likeness (QED) is 0.852. The maximum atomic E-state index is 12.1. The van der Waals surface area contributed by atoms with Crippen molar-refractivity contribution in [1.29, 1.82) is 0 Å². The predicted octanol–water partition coefficient (Wildman–Crippen LogP) is 1.32. The molecule has 0 spiro atoms. The van der Waals surface area contributed by atoms with E-state index in [0.717, 1.165) is 37.7 Å². The van der Waals surface area contributed by atoms with Gasteiger partial charge in [-0.3, -0.25) is 4.79 Å². The lowest BCUT2D eigenvalue weighted by molar-refractivity contribution is -0.119. The van der Waals surface area contributed by atoms with E-state index in [1.807, 2.05) is 38.2 Å². The van der Waals surface area contributed by atoms with Gasteiger partial charge in [-0.1, -0.05) is 19.1 Å². The second-order valence-corrected chi connectivity index (χ2v) is 5.06. The van der Waals surface area contributed by atoms with Gasteiger partial charge in [-0.05, 0) is 19.2 Å². The molecule has 2 rings (SSSR count). The molecule has 1 aromatic rings. The molecule has 20 heavy (non-hydrogen) atoms. The molecule has 1 amide bonds. The Morgan fingerprint density at radius 3 is 2.75 bits per heavy atom. The van der Waals surface area contributed by atoms with E-state index >= 15 is 0 Å². The van der Waals surface area contributed by atoms with Crippen LogP contribution in [0.2, 0.25) is 0 Å². The van der Waals surface area contributed by atoms with E-state index in [2.05, 4.69) is 15.5 Å². The first-order valence-electron chi connectivity index (χ1n) is 7.09. The van der Waals surface area contributed by atoms with Gasteiger partial charge in [0.25, 0.3) is 0 Å². The van der Waals surface area contributed by atoms with E-state index < -0.39 is 0 Å². The van der Waals surface area contributed by atoms with Crippen molar-refractivity contribution in [3.05, 3.63) is 24.3 Å². The normalized spacial score (nSPS) is 16.8. The number of para-hydroxylation sites is 2. The van der Waals surface area contributed by atoms with Gasteiger partial charge in [-0.25, -0.2) is 0 Å². The highest BCUT2D eigenvalue weighted by molar-refractivity contribution is 5.95. The van der Waals surface area contributed by atoms with E-state index in [9.17, 15) is 4.79 Å². The Morgan fingerprint density at radius 2 is 2.05 bits per heavy atom. The lowest BCUT2D eigenvalue weighted by Crippen LogP contribution is -2.37. The van der Waals surface area contributed by atoms with Crippen LogP contribution in [0.25, 0.3) is 0 Å². The van der Waals surface area contributed by atoms with Crippen LogP contribution in [0, 0.1) is 5.92 Å².